The molecule has 0 bridgehead atoms. The van der Waals surface area contributed by atoms with Crippen LogP contribution >= 0.6 is 0 Å². The summed E-state index contributed by atoms with van der Waals surface area (Å²) in [5.41, 5.74) is 2.03. The third kappa shape index (κ3) is 7.45. The Hall–Kier alpha value is -3.41. The van der Waals surface area contributed by atoms with Crippen molar-refractivity contribution in [3.05, 3.63) is 83.9 Å². The Kier molecular flexibility index (Phi) is 8.46. The standard InChI is InChI=1S/C22H23NO5/c1-2-27-21(25)13-14-22(26)28-16-20(24)23-19(18-11-7-4-8-12-18)15-17-9-5-3-6-10-17/h3-14,19H,2,15-16H2,1H3,(H,23,24)/b14-13+/t19-/m1/s1. The first-order valence-electron chi connectivity index (χ1n) is 8.98. The van der Waals surface area contributed by atoms with Gasteiger partial charge in [-0.25, -0.2) is 9.59 Å². The topological polar surface area (TPSA) is 81.7 Å². The summed E-state index contributed by atoms with van der Waals surface area (Å²) >= 11 is 0. The third-order valence-electron chi connectivity index (χ3n) is 3.81. The minimum Gasteiger partial charge on any atom is -0.463 e. The maximum Gasteiger partial charge on any atom is 0.331 e. The van der Waals surface area contributed by atoms with E-state index in [1.54, 1.807) is 6.92 Å². The SMILES string of the molecule is CCOC(=O)/C=C/C(=O)OCC(=O)N[C@H](Cc1ccccc1)c1ccccc1. The lowest BCUT2D eigenvalue weighted by atomic mass is 9.99. The maximum atomic E-state index is 12.3. The molecule has 0 aliphatic carbocycles. The summed E-state index contributed by atoms with van der Waals surface area (Å²) in [5, 5.41) is 2.89. The highest BCUT2D eigenvalue weighted by Gasteiger charge is 2.16. The lowest BCUT2D eigenvalue weighted by Crippen LogP contribution is -2.33. The van der Waals surface area contributed by atoms with Crippen molar-refractivity contribution < 1.29 is 23.9 Å². The number of carbonyl (C=O) groups excluding carboxylic acids is 3. The molecule has 28 heavy (non-hydrogen) atoms. The summed E-state index contributed by atoms with van der Waals surface area (Å²) in [4.78, 5) is 35.0. The van der Waals surface area contributed by atoms with E-state index in [0.717, 1.165) is 23.3 Å². The van der Waals surface area contributed by atoms with Crippen LogP contribution in [0.5, 0.6) is 0 Å². The number of benzene rings is 2. The van der Waals surface area contributed by atoms with Crippen LogP contribution in [-0.4, -0.2) is 31.1 Å². The minimum atomic E-state index is -0.789. The van der Waals surface area contributed by atoms with E-state index in [1.807, 2.05) is 60.7 Å². The average Bonchev–Trinajstić information content (AvgIpc) is 2.72. The first-order valence-corrected chi connectivity index (χ1v) is 8.98. The number of esters is 2. The molecule has 2 aromatic rings. The van der Waals surface area contributed by atoms with Gasteiger partial charge in [-0.3, -0.25) is 4.79 Å². The van der Waals surface area contributed by atoms with Crippen LogP contribution in [0, 0.1) is 0 Å². The van der Waals surface area contributed by atoms with Crippen LogP contribution in [0.4, 0.5) is 0 Å². The molecule has 6 heteroatoms. The molecule has 0 aliphatic heterocycles. The smallest absolute Gasteiger partial charge is 0.331 e. The molecule has 0 unspecified atom stereocenters. The molecule has 0 heterocycles. The molecule has 0 aromatic heterocycles. The van der Waals surface area contributed by atoms with Gasteiger partial charge < -0.3 is 14.8 Å². The second-order valence-electron chi connectivity index (χ2n) is 5.91. The molecular weight excluding hydrogens is 358 g/mol. The van der Waals surface area contributed by atoms with Gasteiger partial charge in [-0.1, -0.05) is 60.7 Å². The highest BCUT2D eigenvalue weighted by molar-refractivity contribution is 5.92. The molecule has 0 aliphatic rings. The van der Waals surface area contributed by atoms with Gasteiger partial charge in [-0.05, 0) is 24.5 Å². The van der Waals surface area contributed by atoms with Crippen LogP contribution < -0.4 is 5.32 Å². The fourth-order valence-corrected chi connectivity index (χ4v) is 2.53. The Balaban J connectivity index is 1.93. The van der Waals surface area contributed by atoms with E-state index < -0.39 is 24.5 Å². The Morgan fingerprint density at radius 2 is 1.46 bits per heavy atom. The molecular formula is C22H23NO5. The lowest BCUT2D eigenvalue weighted by molar-refractivity contribution is -0.144. The van der Waals surface area contributed by atoms with Crippen molar-refractivity contribution in [2.45, 2.75) is 19.4 Å². The number of hydrogen-bond donors (Lipinski definition) is 1. The summed E-state index contributed by atoms with van der Waals surface area (Å²) < 4.78 is 9.54. The zero-order valence-electron chi connectivity index (χ0n) is 15.7. The van der Waals surface area contributed by atoms with Gasteiger partial charge in [0.1, 0.15) is 0 Å². The molecule has 0 spiro atoms. The number of carbonyl (C=O) groups is 3. The summed E-state index contributed by atoms with van der Waals surface area (Å²) in [6.07, 6.45) is 2.50. The highest BCUT2D eigenvalue weighted by Crippen LogP contribution is 2.18. The fraction of sp³-hybridized carbons (Fsp3) is 0.227. The third-order valence-corrected chi connectivity index (χ3v) is 3.81. The Labute approximate surface area is 164 Å². The molecule has 0 fully saturated rings. The van der Waals surface area contributed by atoms with Crippen molar-refractivity contribution in [2.24, 2.45) is 0 Å². The quantitative estimate of drug-likeness (QED) is 0.534. The van der Waals surface area contributed by atoms with Crippen molar-refractivity contribution in [1.29, 1.82) is 0 Å². The molecule has 2 aromatic carbocycles. The van der Waals surface area contributed by atoms with Gasteiger partial charge in [0.15, 0.2) is 6.61 Å². The predicted octanol–water partition coefficient (Wildman–Crippen LogP) is 2.75. The van der Waals surface area contributed by atoms with Gasteiger partial charge in [-0.15, -0.1) is 0 Å². The van der Waals surface area contributed by atoms with Gasteiger partial charge in [0, 0.05) is 12.2 Å². The van der Waals surface area contributed by atoms with Crippen LogP contribution in [0.1, 0.15) is 24.1 Å². The van der Waals surface area contributed by atoms with Crippen molar-refractivity contribution in [3.8, 4) is 0 Å². The Bertz CT molecular complexity index is 802. The fourth-order valence-electron chi connectivity index (χ4n) is 2.53. The van der Waals surface area contributed by atoms with Gasteiger partial charge in [0.25, 0.3) is 5.91 Å². The number of ether oxygens (including phenoxy) is 2. The molecule has 146 valence electrons. The molecule has 2 rings (SSSR count). The number of amides is 1. The molecule has 1 N–H and O–H groups in total. The lowest BCUT2D eigenvalue weighted by Gasteiger charge is -2.19. The van der Waals surface area contributed by atoms with Crippen molar-refractivity contribution in [1.82, 2.24) is 5.32 Å². The van der Waals surface area contributed by atoms with Gasteiger partial charge in [0.05, 0.1) is 12.6 Å². The van der Waals surface area contributed by atoms with E-state index in [0.29, 0.717) is 6.42 Å². The largest absolute Gasteiger partial charge is 0.463 e. The highest BCUT2D eigenvalue weighted by atomic mass is 16.5. The molecule has 1 atom stereocenters. The van der Waals surface area contributed by atoms with Crippen LogP contribution in [0.15, 0.2) is 72.8 Å². The molecule has 6 nitrogen and oxygen atoms in total. The zero-order chi connectivity index (χ0) is 20.2. The zero-order valence-corrected chi connectivity index (χ0v) is 15.7. The van der Waals surface area contributed by atoms with E-state index in [-0.39, 0.29) is 12.6 Å². The van der Waals surface area contributed by atoms with Crippen molar-refractivity contribution in [2.75, 3.05) is 13.2 Å². The summed E-state index contributed by atoms with van der Waals surface area (Å²) in [7, 11) is 0. The molecule has 0 saturated heterocycles. The van der Waals surface area contributed by atoms with Crippen LogP contribution in [0.3, 0.4) is 0 Å². The van der Waals surface area contributed by atoms with E-state index in [9.17, 15) is 14.4 Å². The first-order chi connectivity index (χ1) is 13.6. The molecule has 0 radical (unpaired) electrons. The van der Waals surface area contributed by atoms with Gasteiger partial charge >= 0.3 is 11.9 Å². The first kappa shape index (κ1) is 20.9. The average molecular weight is 381 g/mol. The Morgan fingerprint density at radius 3 is 2.07 bits per heavy atom. The second kappa shape index (κ2) is 11.3. The minimum absolute atomic E-state index is 0.211. The monoisotopic (exact) mass is 381 g/mol. The van der Waals surface area contributed by atoms with E-state index >= 15 is 0 Å². The molecule has 0 saturated carbocycles. The number of hydrogen-bond acceptors (Lipinski definition) is 5. The van der Waals surface area contributed by atoms with Crippen LogP contribution in [0.25, 0.3) is 0 Å². The Morgan fingerprint density at radius 1 is 0.893 bits per heavy atom. The number of nitrogens with one attached hydrogen (secondary N) is 1. The van der Waals surface area contributed by atoms with E-state index in [2.05, 4.69) is 10.1 Å². The second-order valence-corrected chi connectivity index (χ2v) is 5.91. The summed E-state index contributed by atoms with van der Waals surface area (Å²) in [6, 6.07) is 19.1. The van der Waals surface area contributed by atoms with Crippen LogP contribution in [-0.2, 0) is 30.3 Å². The van der Waals surface area contributed by atoms with Crippen molar-refractivity contribution in [3.63, 3.8) is 0 Å². The van der Waals surface area contributed by atoms with Crippen LogP contribution in [0.2, 0.25) is 0 Å². The summed E-state index contributed by atoms with van der Waals surface area (Å²) in [6.45, 7) is 1.43. The number of rotatable bonds is 9. The normalized spacial score (nSPS) is 11.6. The predicted molar refractivity (Wildman–Crippen MR) is 104 cm³/mol. The van der Waals surface area contributed by atoms with Gasteiger partial charge in [0.2, 0.25) is 0 Å². The van der Waals surface area contributed by atoms with Gasteiger partial charge in [-0.2, -0.15) is 0 Å². The van der Waals surface area contributed by atoms with Crippen molar-refractivity contribution >= 4 is 17.8 Å². The maximum absolute atomic E-state index is 12.3. The summed E-state index contributed by atoms with van der Waals surface area (Å²) in [5.74, 6) is -1.86. The van der Waals surface area contributed by atoms with E-state index in [4.69, 9.17) is 4.74 Å². The van der Waals surface area contributed by atoms with E-state index in [1.165, 1.54) is 0 Å². The molecule has 1 amide bonds.